The number of rotatable bonds is 5. The molecule has 6 nitrogen and oxygen atoms in total. The number of benzene rings is 2. The predicted molar refractivity (Wildman–Crippen MR) is 120 cm³/mol. The number of carbonyl (C=O) groups excluding carboxylic acids is 2. The Kier molecular flexibility index (Phi) is 6.03. The summed E-state index contributed by atoms with van der Waals surface area (Å²) < 4.78 is 47.2. The predicted octanol–water partition coefficient (Wildman–Crippen LogP) is 3.86. The van der Waals surface area contributed by atoms with Crippen molar-refractivity contribution in [2.45, 2.75) is 31.2 Å². The lowest BCUT2D eigenvalue weighted by Crippen LogP contribution is -2.46. The molecule has 3 aromatic rings. The fourth-order valence-electron chi connectivity index (χ4n) is 4.82. The number of halogens is 3. The number of aromatic nitrogens is 1. The van der Waals surface area contributed by atoms with Crippen molar-refractivity contribution in [2.24, 2.45) is 0 Å². The molecule has 5 rings (SSSR count). The van der Waals surface area contributed by atoms with Gasteiger partial charge in [0, 0.05) is 30.6 Å². The molecule has 1 aliphatic carbocycles. The van der Waals surface area contributed by atoms with Crippen LogP contribution in [0.25, 0.3) is 22.2 Å². The van der Waals surface area contributed by atoms with E-state index in [0.717, 1.165) is 11.6 Å². The van der Waals surface area contributed by atoms with Crippen LogP contribution in [0.15, 0.2) is 36.4 Å². The molecular formula is C25H24F3N3O3. The minimum Gasteiger partial charge on any atom is -0.378 e. The van der Waals surface area contributed by atoms with Gasteiger partial charge in [-0.05, 0) is 60.2 Å². The maximum absolute atomic E-state index is 14.5. The molecule has 34 heavy (non-hydrogen) atoms. The van der Waals surface area contributed by atoms with Crippen LogP contribution in [0.2, 0.25) is 0 Å². The normalized spacial score (nSPS) is 20.3. The average Bonchev–Trinajstić information content (AvgIpc) is 3.16. The first-order valence-corrected chi connectivity index (χ1v) is 11.3. The maximum atomic E-state index is 14.5. The number of ether oxygens (including phenoxy) is 1. The van der Waals surface area contributed by atoms with Gasteiger partial charge in [-0.3, -0.25) is 9.59 Å². The molecule has 0 bridgehead atoms. The zero-order valence-corrected chi connectivity index (χ0v) is 18.4. The summed E-state index contributed by atoms with van der Waals surface area (Å²) in [6, 6.07) is 7.80. The molecule has 2 heterocycles. The van der Waals surface area contributed by atoms with Gasteiger partial charge in [-0.15, -0.1) is 0 Å². The number of amides is 2. The Labute approximate surface area is 194 Å². The van der Waals surface area contributed by atoms with E-state index in [0.29, 0.717) is 55.8 Å². The number of hydrogen-bond acceptors (Lipinski definition) is 3. The van der Waals surface area contributed by atoms with Gasteiger partial charge >= 0.3 is 0 Å². The third-order valence-corrected chi connectivity index (χ3v) is 6.58. The number of hydrogen-bond donors (Lipinski definition) is 2. The van der Waals surface area contributed by atoms with Crippen molar-refractivity contribution in [1.29, 1.82) is 0 Å². The Balaban J connectivity index is 1.32. The van der Waals surface area contributed by atoms with Gasteiger partial charge in [-0.25, -0.2) is 13.2 Å². The smallest absolute Gasteiger partial charge is 0.232 e. The molecule has 2 aliphatic rings. The standard InChI is InChI=1S/C25H24F3N3O3/c26-16-3-1-14(2-4-16)24-23(19-11-17(27)12-20(28)25(19)30-24)15-9-18(10-15)29-21(32)13-22(33)31-5-7-34-8-6-31/h1-4,11-12,15,18,30H,5-10,13H2,(H,29,32)/t15-,18+. The van der Waals surface area contributed by atoms with Crippen LogP contribution in [-0.2, 0) is 14.3 Å². The molecular weight excluding hydrogens is 447 g/mol. The van der Waals surface area contributed by atoms with Crippen molar-refractivity contribution in [1.82, 2.24) is 15.2 Å². The summed E-state index contributed by atoms with van der Waals surface area (Å²) in [7, 11) is 0. The highest BCUT2D eigenvalue weighted by Gasteiger charge is 2.36. The van der Waals surface area contributed by atoms with E-state index in [1.165, 1.54) is 18.2 Å². The first-order valence-electron chi connectivity index (χ1n) is 11.3. The minimum absolute atomic E-state index is 0.0600. The van der Waals surface area contributed by atoms with Gasteiger partial charge in [0.05, 0.1) is 24.4 Å². The third-order valence-electron chi connectivity index (χ3n) is 6.58. The second-order valence-corrected chi connectivity index (χ2v) is 8.83. The quantitative estimate of drug-likeness (QED) is 0.555. The third kappa shape index (κ3) is 4.40. The number of nitrogens with zero attached hydrogens (tertiary/aromatic N) is 1. The van der Waals surface area contributed by atoms with Crippen molar-refractivity contribution in [2.75, 3.05) is 26.3 Å². The zero-order chi connectivity index (χ0) is 23.8. The molecule has 2 fully saturated rings. The first kappa shape index (κ1) is 22.5. The molecule has 1 aliphatic heterocycles. The van der Waals surface area contributed by atoms with E-state index >= 15 is 0 Å². The molecule has 0 unspecified atom stereocenters. The fourth-order valence-corrected chi connectivity index (χ4v) is 4.82. The van der Waals surface area contributed by atoms with Crippen molar-refractivity contribution >= 4 is 22.7 Å². The number of fused-ring (bicyclic) bond motifs is 1. The molecule has 0 radical (unpaired) electrons. The average molecular weight is 471 g/mol. The highest BCUT2D eigenvalue weighted by Crippen LogP contribution is 2.45. The second-order valence-electron chi connectivity index (χ2n) is 8.83. The van der Waals surface area contributed by atoms with E-state index in [1.807, 2.05) is 0 Å². The number of carbonyl (C=O) groups is 2. The highest BCUT2D eigenvalue weighted by atomic mass is 19.1. The van der Waals surface area contributed by atoms with Gasteiger partial charge in [0.15, 0.2) is 0 Å². The molecule has 0 atom stereocenters. The molecule has 1 saturated carbocycles. The van der Waals surface area contributed by atoms with E-state index < -0.39 is 17.5 Å². The molecule has 2 N–H and O–H groups in total. The van der Waals surface area contributed by atoms with Gasteiger partial charge in [0.25, 0.3) is 0 Å². The summed E-state index contributed by atoms with van der Waals surface area (Å²) in [6.45, 7) is 1.91. The monoisotopic (exact) mass is 471 g/mol. The van der Waals surface area contributed by atoms with Gasteiger partial charge < -0.3 is 19.9 Å². The van der Waals surface area contributed by atoms with Crippen LogP contribution in [-0.4, -0.2) is 54.0 Å². The van der Waals surface area contributed by atoms with Crippen LogP contribution in [0.4, 0.5) is 13.2 Å². The van der Waals surface area contributed by atoms with Gasteiger partial charge in [-0.2, -0.15) is 0 Å². The lowest BCUT2D eigenvalue weighted by atomic mass is 9.74. The van der Waals surface area contributed by atoms with Crippen LogP contribution in [0, 0.1) is 17.5 Å². The van der Waals surface area contributed by atoms with Crippen molar-refractivity contribution in [3.63, 3.8) is 0 Å². The van der Waals surface area contributed by atoms with Crippen LogP contribution in [0.3, 0.4) is 0 Å². The van der Waals surface area contributed by atoms with Gasteiger partial charge in [-0.1, -0.05) is 0 Å². The first-order chi connectivity index (χ1) is 16.4. The summed E-state index contributed by atoms with van der Waals surface area (Å²) in [5.74, 6) is -2.39. The van der Waals surface area contributed by atoms with Crippen molar-refractivity contribution in [3.8, 4) is 11.3 Å². The van der Waals surface area contributed by atoms with Gasteiger partial charge in [0.2, 0.25) is 11.8 Å². The summed E-state index contributed by atoms with van der Waals surface area (Å²) in [6.07, 6.45) is 0.916. The van der Waals surface area contributed by atoms with E-state index in [2.05, 4.69) is 10.3 Å². The Bertz CT molecular complexity index is 1230. The Morgan fingerprint density at radius 3 is 2.44 bits per heavy atom. The Morgan fingerprint density at radius 1 is 1.03 bits per heavy atom. The SMILES string of the molecule is O=C(CC(=O)N1CCOCC1)N[C@H]1C[C@@H](c2c(-c3ccc(F)cc3)[nH]c3c(F)cc(F)cc32)C1. The van der Waals surface area contributed by atoms with E-state index in [4.69, 9.17) is 4.74 Å². The largest absolute Gasteiger partial charge is 0.378 e. The van der Waals surface area contributed by atoms with E-state index in [-0.39, 0.29) is 35.7 Å². The van der Waals surface area contributed by atoms with Crippen LogP contribution in [0.5, 0.6) is 0 Å². The minimum atomic E-state index is -0.699. The summed E-state index contributed by atoms with van der Waals surface area (Å²) >= 11 is 0. The van der Waals surface area contributed by atoms with E-state index in [1.54, 1.807) is 17.0 Å². The van der Waals surface area contributed by atoms with Crippen LogP contribution >= 0.6 is 0 Å². The number of H-pyrrole nitrogens is 1. The molecule has 1 saturated heterocycles. The molecule has 178 valence electrons. The summed E-state index contributed by atoms with van der Waals surface area (Å²) in [4.78, 5) is 29.3. The van der Waals surface area contributed by atoms with Gasteiger partial charge in [0.1, 0.15) is 23.9 Å². The topological polar surface area (TPSA) is 74.4 Å². The zero-order valence-electron chi connectivity index (χ0n) is 18.4. The maximum Gasteiger partial charge on any atom is 0.232 e. The summed E-state index contributed by atoms with van der Waals surface area (Å²) in [5, 5.41) is 3.33. The Hall–Kier alpha value is -3.33. The van der Waals surface area contributed by atoms with Crippen molar-refractivity contribution in [3.05, 3.63) is 59.4 Å². The van der Waals surface area contributed by atoms with Crippen molar-refractivity contribution < 1.29 is 27.5 Å². The summed E-state index contributed by atoms with van der Waals surface area (Å²) in [5.41, 5.74) is 2.21. The van der Waals surface area contributed by atoms with Crippen LogP contribution in [0.1, 0.15) is 30.7 Å². The molecule has 9 heteroatoms. The molecule has 2 aromatic carbocycles. The second kappa shape index (κ2) is 9.13. The Morgan fingerprint density at radius 2 is 1.74 bits per heavy atom. The fraction of sp³-hybridized carbons (Fsp3) is 0.360. The molecule has 0 spiro atoms. The van der Waals surface area contributed by atoms with E-state index in [9.17, 15) is 22.8 Å². The number of aromatic amines is 1. The van der Waals surface area contributed by atoms with Crippen LogP contribution < -0.4 is 5.32 Å². The molecule has 1 aromatic heterocycles. The number of nitrogens with one attached hydrogen (secondary N) is 2. The lowest BCUT2D eigenvalue weighted by Gasteiger charge is -2.36. The molecule has 2 amide bonds. The number of morpholine rings is 1. The lowest BCUT2D eigenvalue weighted by molar-refractivity contribution is -0.139. The highest BCUT2D eigenvalue weighted by molar-refractivity contribution is 5.97.